The number of fused-ring (bicyclic) bond motifs is 2. The molecule has 0 aromatic rings. The van der Waals surface area contributed by atoms with Gasteiger partial charge in [0.15, 0.2) is 0 Å². The van der Waals surface area contributed by atoms with Crippen LogP contribution in [0.4, 0.5) is 0 Å². The molecular formula is C16H32N2O. The maximum absolute atomic E-state index is 10.5. The molecule has 2 aliphatic carbocycles. The third-order valence-corrected chi connectivity index (χ3v) is 5.61. The molecule has 4 atom stereocenters. The fourth-order valence-electron chi connectivity index (χ4n) is 4.87. The van der Waals surface area contributed by atoms with E-state index in [-0.39, 0.29) is 0 Å². The van der Waals surface area contributed by atoms with Gasteiger partial charge in [0.25, 0.3) is 0 Å². The largest absolute Gasteiger partial charge is 0.388 e. The van der Waals surface area contributed by atoms with Crippen molar-refractivity contribution in [2.24, 2.45) is 16.7 Å². The lowest BCUT2D eigenvalue weighted by Crippen LogP contribution is -2.55. The predicted molar refractivity (Wildman–Crippen MR) is 80.2 cm³/mol. The van der Waals surface area contributed by atoms with Gasteiger partial charge < -0.3 is 15.3 Å². The van der Waals surface area contributed by atoms with Gasteiger partial charge in [0.1, 0.15) is 0 Å². The first-order valence-electron chi connectivity index (χ1n) is 7.67. The van der Waals surface area contributed by atoms with Gasteiger partial charge in [0, 0.05) is 19.1 Å². The van der Waals surface area contributed by atoms with E-state index in [2.05, 4.69) is 31.0 Å². The zero-order chi connectivity index (χ0) is 14.5. The van der Waals surface area contributed by atoms with Crippen LogP contribution in [0, 0.1) is 16.7 Å². The first kappa shape index (κ1) is 15.3. The summed E-state index contributed by atoms with van der Waals surface area (Å²) >= 11 is 0. The minimum Gasteiger partial charge on any atom is -0.388 e. The van der Waals surface area contributed by atoms with E-state index in [0.717, 1.165) is 5.92 Å². The van der Waals surface area contributed by atoms with Crippen molar-refractivity contribution in [3.05, 3.63) is 0 Å². The molecule has 0 heterocycles. The summed E-state index contributed by atoms with van der Waals surface area (Å²) in [7, 11) is 4.02. The Morgan fingerprint density at radius 3 is 2.42 bits per heavy atom. The van der Waals surface area contributed by atoms with E-state index in [0.29, 0.717) is 30.0 Å². The lowest BCUT2D eigenvalue weighted by atomic mass is 9.68. The van der Waals surface area contributed by atoms with E-state index in [1.54, 1.807) is 0 Å². The molecule has 2 saturated carbocycles. The van der Waals surface area contributed by atoms with Crippen molar-refractivity contribution < 1.29 is 5.11 Å². The summed E-state index contributed by atoms with van der Waals surface area (Å²) in [5.74, 6) is 0.855. The van der Waals surface area contributed by atoms with E-state index in [9.17, 15) is 5.11 Å². The number of hydrogen-bond donors (Lipinski definition) is 2. The van der Waals surface area contributed by atoms with Crippen LogP contribution in [-0.4, -0.2) is 48.8 Å². The van der Waals surface area contributed by atoms with Gasteiger partial charge in [-0.25, -0.2) is 0 Å². The Bertz CT molecular complexity index is 333. The fourth-order valence-corrected chi connectivity index (χ4v) is 4.87. The summed E-state index contributed by atoms with van der Waals surface area (Å²) in [6.07, 6.45) is 4.08. The van der Waals surface area contributed by atoms with Crippen LogP contribution in [0.2, 0.25) is 0 Å². The van der Waals surface area contributed by atoms with Crippen molar-refractivity contribution in [3.63, 3.8) is 0 Å². The van der Waals surface area contributed by atoms with Gasteiger partial charge in [-0.15, -0.1) is 0 Å². The van der Waals surface area contributed by atoms with E-state index in [1.165, 1.54) is 19.3 Å². The van der Waals surface area contributed by atoms with Crippen molar-refractivity contribution in [3.8, 4) is 0 Å². The van der Waals surface area contributed by atoms with E-state index < -0.39 is 5.60 Å². The fraction of sp³-hybridized carbons (Fsp3) is 1.00. The molecule has 0 aromatic heterocycles. The summed E-state index contributed by atoms with van der Waals surface area (Å²) < 4.78 is 0. The molecule has 0 aliphatic heterocycles. The second-order valence-electron chi connectivity index (χ2n) is 8.46. The first-order valence-corrected chi connectivity index (χ1v) is 7.67. The summed E-state index contributed by atoms with van der Waals surface area (Å²) in [6, 6.07) is 0.535. The Morgan fingerprint density at radius 2 is 1.95 bits per heavy atom. The number of hydrogen-bond acceptors (Lipinski definition) is 3. The van der Waals surface area contributed by atoms with Crippen molar-refractivity contribution >= 4 is 0 Å². The molecule has 2 aliphatic rings. The van der Waals surface area contributed by atoms with Crippen molar-refractivity contribution in [2.45, 2.75) is 58.6 Å². The molecule has 0 amide bonds. The molecule has 2 fully saturated rings. The molecule has 19 heavy (non-hydrogen) atoms. The first-order chi connectivity index (χ1) is 8.57. The highest BCUT2D eigenvalue weighted by atomic mass is 16.3. The van der Waals surface area contributed by atoms with E-state index >= 15 is 0 Å². The van der Waals surface area contributed by atoms with E-state index in [1.807, 2.05) is 21.0 Å². The van der Waals surface area contributed by atoms with Crippen molar-refractivity contribution in [1.82, 2.24) is 10.2 Å². The number of rotatable bonds is 5. The van der Waals surface area contributed by atoms with Gasteiger partial charge in [-0.05, 0) is 57.0 Å². The number of nitrogens with one attached hydrogen (secondary N) is 1. The maximum atomic E-state index is 10.5. The number of nitrogens with zero attached hydrogens (tertiary/aromatic N) is 1. The minimum atomic E-state index is -0.655. The molecule has 112 valence electrons. The third-order valence-electron chi connectivity index (χ3n) is 5.61. The molecule has 2 rings (SSSR count). The van der Waals surface area contributed by atoms with Crippen LogP contribution in [0.5, 0.6) is 0 Å². The molecule has 0 saturated heterocycles. The zero-order valence-corrected chi connectivity index (χ0v) is 13.6. The molecule has 2 unspecified atom stereocenters. The highest BCUT2D eigenvalue weighted by Gasteiger charge is 2.59. The van der Waals surface area contributed by atoms with Gasteiger partial charge in [-0.3, -0.25) is 0 Å². The van der Waals surface area contributed by atoms with Gasteiger partial charge >= 0.3 is 0 Å². The molecule has 2 bridgehead atoms. The number of aliphatic hydroxyl groups is 1. The van der Waals surface area contributed by atoms with Gasteiger partial charge in [-0.2, -0.15) is 0 Å². The van der Waals surface area contributed by atoms with Crippen molar-refractivity contribution in [2.75, 3.05) is 27.2 Å². The topological polar surface area (TPSA) is 35.5 Å². The van der Waals surface area contributed by atoms with Crippen LogP contribution in [0.15, 0.2) is 0 Å². The molecule has 0 spiro atoms. The average Bonchev–Trinajstić information content (AvgIpc) is 2.65. The lowest BCUT2D eigenvalue weighted by molar-refractivity contribution is 0.0156. The smallest absolute Gasteiger partial charge is 0.0869 e. The Hall–Kier alpha value is -0.120. The summed E-state index contributed by atoms with van der Waals surface area (Å²) in [5.41, 5.74) is 0.140. The molecular weight excluding hydrogens is 236 g/mol. The van der Waals surface area contributed by atoms with Crippen LogP contribution >= 0.6 is 0 Å². The van der Waals surface area contributed by atoms with Gasteiger partial charge in [0.05, 0.1) is 5.60 Å². The third kappa shape index (κ3) is 2.84. The van der Waals surface area contributed by atoms with Crippen LogP contribution < -0.4 is 5.32 Å². The second-order valence-corrected chi connectivity index (χ2v) is 8.46. The highest BCUT2D eigenvalue weighted by molar-refractivity contribution is 5.12. The second kappa shape index (κ2) is 4.71. The maximum Gasteiger partial charge on any atom is 0.0869 e. The Kier molecular flexibility index (Phi) is 3.79. The Morgan fingerprint density at radius 1 is 1.32 bits per heavy atom. The minimum absolute atomic E-state index is 0.362. The average molecular weight is 268 g/mol. The normalized spacial score (nSPS) is 39.8. The van der Waals surface area contributed by atoms with Gasteiger partial charge in [0.2, 0.25) is 0 Å². The molecule has 0 aromatic carbocycles. The van der Waals surface area contributed by atoms with Crippen molar-refractivity contribution in [1.29, 1.82) is 0 Å². The molecule has 2 N–H and O–H groups in total. The summed E-state index contributed by atoms with van der Waals surface area (Å²) in [4.78, 5) is 2.05. The Balaban J connectivity index is 1.99. The van der Waals surface area contributed by atoms with Crippen LogP contribution in [0.1, 0.15) is 47.0 Å². The quantitative estimate of drug-likeness (QED) is 0.801. The van der Waals surface area contributed by atoms with Gasteiger partial charge in [-0.1, -0.05) is 20.8 Å². The zero-order valence-electron chi connectivity index (χ0n) is 13.6. The highest BCUT2D eigenvalue weighted by Crippen LogP contribution is 2.62. The lowest BCUT2D eigenvalue weighted by Gasteiger charge is -2.44. The van der Waals surface area contributed by atoms with E-state index in [4.69, 9.17) is 0 Å². The Labute approximate surface area is 118 Å². The predicted octanol–water partition coefficient (Wildman–Crippen LogP) is 2.10. The molecule has 3 heteroatoms. The summed E-state index contributed by atoms with van der Waals surface area (Å²) in [5, 5.41) is 14.2. The molecule has 3 nitrogen and oxygen atoms in total. The SMILES string of the molecule is CN(C)CC(C)(O)CNC1C(C)(C)[C@H]2CC[C@]1(C)C2. The van der Waals surface area contributed by atoms with Crippen LogP contribution in [-0.2, 0) is 0 Å². The molecule has 0 radical (unpaired) electrons. The summed E-state index contributed by atoms with van der Waals surface area (Å²) in [6.45, 7) is 10.6. The van der Waals surface area contributed by atoms with Crippen LogP contribution in [0.25, 0.3) is 0 Å². The van der Waals surface area contributed by atoms with Crippen LogP contribution in [0.3, 0.4) is 0 Å². The standard InChI is InChI=1S/C16H32N2O/c1-14(2)12-7-8-15(3,9-12)13(14)17-10-16(4,19)11-18(5)6/h12-13,17,19H,7-11H2,1-6H3/t12-,13?,15+,16?/m0/s1. The number of likely N-dealkylation sites (N-methyl/N-ethyl adjacent to an activating group) is 1. The monoisotopic (exact) mass is 268 g/mol.